The summed E-state index contributed by atoms with van der Waals surface area (Å²) in [5.41, 5.74) is 12.8. The summed E-state index contributed by atoms with van der Waals surface area (Å²) in [6.45, 7) is 2.38. The molecule has 1 aliphatic heterocycles. The third kappa shape index (κ3) is 5.78. The van der Waals surface area contributed by atoms with Crippen molar-refractivity contribution < 1.29 is 0 Å². The summed E-state index contributed by atoms with van der Waals surface area (Å²) in [5, 5.41) is 21.9. The standard InChI is InChI=1S/C67H47N3/c1-2-48-65(57-36-44-21-6-9-23-49(44)53-27-13-15-29-55(53)57)68-67(58-37-45-22-7-10-24-50(45)54-28-14-16-30-56(54)58)69-66(48)60-39-47(34-46-33-43-20-8-12-26-52(43)63(46)60)70-61-32-31-40-17-5-11-25-51(40)64(61)59-35-41-18-3-4-19-42(41)38-62(59)70/h3-32,34-39,48,65-66H,2,33H2,1H3,(H,68,69). The van der Waals surface area contributed by atoms with Crippen LogP contribution < -0.4 is 5.32 Å². The molecule has 3 nitrogen and oxygen atoms in total. The number of hydrogen-bond acceptors (Lipinski definition) is 2. The second-order valence-corrected chi connectivity index (χ2v) is 19.7. The number of nitrogens with one attached hydrogen (secondary N) is 1. The molecule has 3 atom stereocenters. The first-order chi connectivity index (χ1) is 34.7. The molecule has 0 bridgehead atoms. The molecule has 70 heavy (non-hydrogen) atoms. The molecule has 2 heterocycles. The molecule has 0 fully saturated rings. The predicted octanol–water partition coefficient (Wildman–Crippen LogP) is 17.1. The van der Waals surface area contributed by atoms with Crippen molar-refractivity contribution in [1.29, 1.82) is 0 Å². The number of aromatic nitrogens is 1. The Bertz CT molecular complexity index is 4380. The van der Waals surface area contributed by atoms with E-state index in [0.717, 1.165) is 24.2 Å². The molecule has 0 saturated carbocycles. The van der Waals surface area contributed by atoms with Crippen LogP contribution in [-0.4, -0.2) is 10.4 Å². The Balaban J connectivity index is 1.05. The number of amidine groups is 1. The molecule has 3 unspecified atom stereocenters. The van der Waals surface area contributed by atoms with Crippen LogP contribution in [-0.2, 0) is 6.42 Å². The minimum absolute atomic E-state index is 0.0517. The van der Waals surface area contributed by atoms with Crippen LogP contribution in [0.15, 0.2) is 223 Å². The van der Waals surface area contributed by atoms with Crippen molar-refractivity contribution in [2.45, 2.75) is 31.8 Å². The molecule has 15 rings (SSSR count). The molecular formula is C67H47N3. The maximum Gasteiger partial charge on any atom is 0.130 e. The van der Waals surface area contributed by atoms with Gasteiger partial charge in [-0.15, -0.1) is 0 Å². The number of nitrogens with zero attached hydrogens (tertiary/aromatic N) is 2. The van der Waals surface area contributed by atoms with Gasteiger partial charge in [-0.3, -0.25) is 4.99 Å². The Morgan fingerprint density at radius 1 is 0.443 bits per heavy atom. The van der Waals surface area contributed by atoms with Crippen molar-refractivity contribution >= 4 is 92.3 Å². The molecule has 13 aromatic rings. The van der Waals surface area contributed by atoms with Crippen molar-refractivity contribution in [1.82, 2.24) is 9.88 Å². The SMILES string of the molecule is CCC1C(c2cc(-n3c4cc5ccccc5cc4c4c5ccccc5ccc43)cc3c2-c2ccccc2C3)N=C(c2cc3ccccc3c3ccccc23)NC1c1cc2ccccc2c2ccccc12. The van der Waals surface area contributed by atoms with Gasteiger partial charge in [0.15, 0.2) is 0 Å². The fraction of sp³-hybridized carbons (Fsp3) is 0.0896. The van der Waals surface area contributed by atoms with E-state index >= 15 is 0 Å². The van der Waals surface area contributed by atoms with Crippen molar-refractivity contribution in [3.05, 3.63) is 246 Å². The zero-order chi connectivity index (χ0) is 46.0. The first-order valence-corrected chi connectivity index (χ1v) is 24.9. The Hall–Kier alpha value is -8.53. The first kappa shape index (κ1) is 39.5. The Labute approximate surface area is 406 Å². The van der Waals surface area contributed by atoms with E-state index in [1.165, 1.54) is 126 Å². The van der Waals surface area contributed by atoms with Gasteiger partial charge < -0.3 is 9.88 Å². The average molecular weight is 894 g/mol. The van der Waals surface area contributed by atoms with Gasteiger partial charge in [-0.2, -0.15) is 0 Å². The molecule has 12 aromatic carbocycles. The van der Waals surface area contributed by atoms with Crippen LogP contribution in [0.1, 0.15) is 53.2 Å². The molecule has 0 radical (unpaired) electrons. The molecule has 1 aliphatic carbocycles. The van der Waals surface area contributed by atoms with Crippen molar-refractivity contribution in [3.8, 4) is 16.8 Å². The zero-order valence-electron chi connectivity index (χ0n) is 38.8. The first-order valence-electron chi connectivity index (χ1n) is 24.9. The lowest BCUT2D eigenvalue weighted by Crippen LogP contribution is -2.41. The van der Waals surface area contributed by atoms with Gasteiger partial charge in [0.25, 0.3) is 0 Å². The fourth-order valence-electron chi connectivity index (χ4n) is 12.9. The van der Waals surface area contributed by atoms with Gasteiger partial charge in [0.05, 0.1) is 23.1 Å². The number of hydrogen-bond donors (Lipinski definition) is 1. The maximum atomic E-state index is 6.13. The van der Waals surface area contributed by atoms with Gasteiger partial charge in [-0.25, -0.2) is 0 Å². The summed E-state index contributed by atoms with van der Waals surface area (Å²) in [4.78, 5) is 6.13. The maximum absolute atomic E-state index is 6.13. The van der Waals surface area contributed by atoms with Crippen LogP contribution in [0.3, 0.4) is 0 Å². The number of fused-ring (bicyclic) bond motifs is 15. The van der Waals surface area contributed by atoms with Crippen molar-refractivity contribution in [2.24, 2.45) is 10.9 Å². The normalized spacial score (nSPS) is 16.7. The summed E-state index contributed by atoms with van der Waals surface area (Å²) < 4.78 is 2.56. The molecule has 0 amide bonds. The quantitative estimate of drug-likeness (QED) is 0.171. The predicted molar refractivity (Wildman–Crippen MR) is 296 cm³/mol. The van der Waals surface area contributed by atoms with E-state index in [9.17, 15) is 0 Å². The molecule has 0 spiro atoms. The van der Waals surface area contributed by atoms with Crippen LogP contribution >= 0.6 is 0 Å². The molecular weight excluding hydrogens is 847 g/mol. The van der Waals surface area contributed by atoms with Gasteiger partial charge in [0.1, 0.15) is 5.84 Å². The summed E-state index contributed by atoms with van der Waals surface area (Å²) in [5.74, 6) is 1.05. The van der Waals surface area contributed by atoms with E-state index < -0.39 is 0 Å². The van der Waals surface area contributed by atoms with Gasteiger partial charge >= 0.3 is 0 Å². The van der Waals surface area contributed by atoms with Crippen molar-refractivity contribution in [3.63, 3.8) is 0 Å². The summed E-state index contributed by atoms with van der Waals surface area (Å²) >= 11 is 0. The Kier molecular flexibility index (Phi) is 8.59. The molecule has 2 aliphatic rings. The fourth-order valence-corrected chi connectivity index (χ4v) is 12.9. The Morgan fingerprint density at radius 3 is 1.80 bits per heavy atom. The van der Waals surface area contributed by atoms with E-state index in [1.54, 1.807) is 0 Å². The number of aliphatic imine (C=N–C) groups is 1. The lowest BCUT2D eigenvalue weighted by Gasteiger charge is -2.40. The largest absolute Gasteiger partial charge is 0.363 e. The third-order valence-electron chi connectivity index (χ3n) is 16.0. The van der Waals surface area contributed by atoms with E-state index in [-0.39, 0.29) is 18.0 Å². The second-order valence-electron chi connectivity index (χ2n) is 19.7. The molecule has 1 N–H and O–H groups in total. The van der Waals surface area contributed by atoms with E-state index in [4.69, 9.17) is 4.99 Å². The lowest BCUT2D eigenvalue weighted by molar-refractivity contribution is 0.313. The van der Waals surface area contributed by atoms with E-state index in [1.807, 2.05) is 0 Å². The summed E-state index contributed by atoms with van der Waals surface area (Å²) in [6.07, 6.45) is 1.80. The monoisotopic (exact) mass is 893 g/mol. The Morgan fingerprint density at radius 2 is 1.04 bits per heavy atom. The zero-order valence-corrected chi connectivity index (χ0v) is 38.8. The molecule has 330 valence electrons. The van der Waals surface area contributed by atoms with E-state index in [2.05, 4.69) is 235 Å². The topological polar surface area (TPSA) is 29.3 Å². The van der Waals surface area contributed by atoms with Crippen LogP contribution in [0.4, 0.5) is 0 Å². The number of benzene rings is 12. The highest BCUT2D eigenvalue weighted by Crippen LogP contribution is 2.51. The van der Waals surface area contributed by atoms with E-state index in [0.29, 0.717) is 0 Å². The minimum Gasteiger partial charge on any atom is -0.363 e. The third-order valence-corrected chi connectivity index (χ3v) is 16.0. The smallest absolute Gasteiger partial charge is 0.130 e. The minimum atomic E-state index is -0.184. The molecule has 1 aromatic heterocycles. The van der Waals surface area contributed by atoms with Crippen LogP contribution in [0.25, 0.3) is 103 Å². The summed E-state index contributed by atoms with van der Waals surface area (Å²) in [7, 11) is 0. The van der Waals surface area contributed by atoms with Gasteiger partial charge in [-0.1, -0.05) is 183 Å². The highest BCUT2D eigenvalue weighted by atomic mass is 15.1. The second kappa shape index (κ2) is 15.2. The van der Waals surface area contributed by atoms with Gasteiger partial charge in [0, 0.05) is 27.9 Å². The van der Waals surface area contributed by atoms with Crippen molar-refractivity contribution in [2.75, 3.05) is 0 Å². The lowest BCUT2D eigenvalue weighted by atomic mass is 9.76. The highest BCUT2D eigenvalue weighted by molar-refractivity contribution is 6.23. The summed E-state index contributed by atoms with van der Waals surface area (Å²) in [6, 6.07) is 81.6. The van der Waals surface area contributed by atoms with Crippen LogP contribution in [0.2, 0.25) is 0 Å². The van der Waals surface area contributed by atoms with Gasteiger partial charge in [-0.05, 0) is 153 Å². The highest BCUT2D eigenvalue weighted by Gasteiger charge is 2.40. The van der Waals surface area contributed by atoms with Gasteiger partial charge in [0.2, 0.25) is 0 Å². The van der Waals surface area contributed by atoms with Crippen LogP contribution in [0, 0.1) is 5.92 Å². The average Bonchev–Trinajstić information content (AvgIpc) is 3.96. The molecule has 3 heteroatoms. The number of rotatable bonds is 5. The van der Waals surface area contributed by atoms with Crippen LogP contribution in [0.5, 0.6) is 0 Å². The molecule has 0 saturated heterocycles.